The third kappa shape index (κ3) is 2.95. The molecule has 3 atom stereocenters. The Morgan fingerprint density at radius 1 is 1.23 bits per heavy atom. The van der Waals surface area contributed by atoms with E-state index in [0.29, 0.717) is 32.9 Å². The van der Waals surface area contributed by atoms with Crippen molar-refractivity contribution in [2.75, 3.05) is 18.9 Å². The van der Waals surface area contributed by atoms with Crippen LogP contribution in [0.25, 0.3) is 0 Å². The minimum absolute atomic E-state index is 0.143. The van der Waals surface area contributed by atoms with Crippen molar-refractivity contribution in [1.82, 2.24) is 9.80 Å². The number of carbonyl (C=O) groups is 2. The van der Waals surface area contributed by atoms with Crippen LogP contribution in [0.1, 0.15) is 22.8 Å². The Bertz CT molecular complexity index is 1380. The number of anilines is 1. The van der Waals surface area contributed by atoms with E-state index in [9.17, 15) is 14.0 Å². The zero-order valence-electron chi connectivity index (χ0n) is 18.5. The van der Waals surface area contributed by atoms with Gasteiger partial charge in [-0.15, -0.1) is 0 Å². The Hall–Kier alpha value is -2.72. The molecule has 0 radical (unpaired) electrons. The number of nitrogens with one attached hydrogen (secondary N) is 1. The lowest BCUT2D eigenvalue weighted by Gasteiger charge is -2.41. The second kappa shape index (κ2) is 7.89. The SMILES string of the molecule is CN1C[C@@H](c2ccc(Cl)cc2)[C@@]2(SC(=S)N(Cc3ccco3)C2=O)[C@]12C(=O)Nc1ccc(F)cc12. The summed E-state index contributed by atoms with van der Waals surface area (Å²) in [5.41, 5.74) is 0.297. The van der Waals surface area contributed by atoms with E-state index in [2.05, 4.69) is 5.32 Å². The van der Waals surface area contributed by atoms with E-state index in [0.717, 1.165) is 5.56 Å². The second-order valence-corrected chi connectivity index (χ2v) is 11.2. The Morgan fingerprint density at radius 3 is 2.71 bits per heavy atom. The van der Waals surface area contributed by atoms with Crippen molar-refractivity contribution in [1.29, 1.82) is 0 Å². The lowest BCUT2D eigenvalue weighted by atomic mass is 9.72. The number of hydrogen-bond acceptors (Lipinski definition) is 6. The quantitative estimate of drug-likeness (QED) is 0.496. The third-order valence-corrected chi connectivity index (χ3v) is 9.40. The van der Waals surface area contributed by atoms with Crippen LogP contribution < -0.4 is 5.32 Å². The van der Waals surface area contributed by atoms with Gasteiger partial charge in [-0.1, -0.05) is 47.7 Å². The van der Waals surface area contributed by atoms with Gasteiger partial charge < -0.3 is 9.73 Å². The molecule has 0 aliphatic carbocycles. The van der Waals surface area contributed by atoms with Gasteiger partial charge in [0.05, 0.1) is 12.8 Å². The first-order valence-corrected chi connectivity index (χ1v) is 12.5. The van der Waals surface area contributed by atoms with Crippen molar-refractivity contribution >= 4 is 57.4 Å². The van der Waals surface area contributed by atoms with Gasteiger partial charge >= 0.3 is 0 Å². The van der Waals surface area contributed by atoms with Crippen molar-refractivity contribution in [3.63, 3.8) is 0 Å². The number of rotatable bonds is 3. The molecule has 0 unspecified atom stereocenters. The lowest BCUT2D eigenvalue weighted by molar-refractivity contribution is -0.138. The van der Waals surface area contributed by atoms with Crippen LogP contribution in [0.3, 0.4) is 0 Å². The summed E-state index contributed by atoms with van der Waals surface area (Å²) in [4.78, 5) is 31.8. The summed E-state index contributed by atoms with van der Waals surface area (Å²) in [5, 5.41) is 3.47. The number of halogens is 2. The lowest BCUT2D eigenvalue weighted by Crippen LogP contribution is -2.61. The molecule has 2 aromatic carbocycles. The molecule has 35 heavy (non-hydrogen) atoms. The number of likely N-dealkylation sites (N-methyl/N-ethyl adjacent to an activating group) is 1. The van der Waals surface area contributed by atoms with Crippen LogP contribution in [0.4, 0.5) is 10.1 Å². The zero-order valence-corrected chi connectivity index (χ0v) is 20.8. The molecule has 3 aromatic rings. The van der Waals surface area contributed by atoms with Gasteiger partial charge in [0.1, 0.15) is 20.6 Å². The maximum atomic E-state index is 14.6. The topological polar surface area (TPSA) is 65.8 Å². The highest BCUT2D eigenvalue weighted by molar-refractivity contribution is 8.25. The van der Waals surface area contributed by atoms with E-state index >= 15 is 0 Å². The Balaban J connectivity index is 1.60. The minimum Gasteiger partial charge on any atom is -0.467 e. The van der Waals surface area contributed by atoms with Gasteiger partial charge in [0, 0.05) is 28.7 Å². The Kier molecular flexibility index (Phi) is 5.12. The molecule has 3 aliphatic heterocycles. The van der Waals surface area contributed by atoms with Gasteiger partial charge in [0.15, 0.2) is 5.54 Å². The molecule has 1 aromatic heterocycles. The monoisotopic (exact) mass is 527 g/mol. The molecule has 2 amide bonds. The van der Waals surface area contributed by atoms with Crippen LogP contribution in [-0.2, 0) is 21.7 Å². The van der Waals surface area contributed by atoms with Crippen LogP contribution in [0.15, 0.2) is 65.3 Å². The largest absolute Gasteiger partial charge is 0.467 e. The maximum absolute atomic E-state index is 14.6. The van der Waals surface area contributed by atoms with Crippen molar-refractivity contribution in [2.24, 2.45) is 0 Å². The van der Waals surface area contributed by atoms with E-state index < -0.39 is 22.0 Å². The fraction of sp³-hybridized carbons (Fsp3) is 0.240. The van der Waals surface area contributed by atoms with E-state index in [1.165, 1.54) is 41.1 Å². The number of nitrogens with zero attached hydrogens (tertiary/aromatic N) is 2. The van der Waals surface area contributed by atoms with Crippen molar-refractivity contribution in [3.05, 3.63) is 88.6 Å². The first-order chi connectivity index (χ1) is 16.8. The predicted molar refractivity (Wildman–Crippen MR) is 136 cm³/mol. The standard InChI is InChI=1S/C25H19ClFN3O3S2/c1-29-13-19(14-4-6-15(26)7-5-14)25(22(32)30(23(34)35-25)12-17-3-2-10-33-17)24(29)18-11-16(27)8-9-20(18)28-21(24)31/h2-11,19H,12-13H2,1H3,(H,28,31)/t19-,24-,25-/m0/s1. The van der Waals surface area contributed by atoms with Crippen LogP contribution >= 0.6 is 35.6 Å². The summed E-state index contributed by atoms with van der Waals surface area (Å²) in [6.07, 6.45) is 1.53. The molecule has 1 N–H and O–H groups in total. The molecule has 0 saturated carbocycles. The molecule has 6 nitrogen and oxygen atoms in total. The third-order valence-electron chi connectivity index (χ3n) is 7.20. The number of amides is 2. The van der Waals surface area contributed by atoms with E-state index in [4.69, 9.17) is 28.2 Å². The fourth-order valence-electron chi connectivity index (χ4n) is 5.78. The average Bonchev–Trinajstić information content (AvgIpc) is 3.56. The van der Waals surface area contributed by atoms with E-state index in [-0.39, 0.29) is 18.4 Å². The molecule has 10 heteroatoms. The van der Waals surface area contributed by atoms with Gasteiger partial charge in [-0.2, -0.15) is 0 Å². The molecule has 4 heterocycles. The van der Waals surface area contributed by atoms with Gasteiger partial charge in [-0.3, -0.25) is 19.4 Å². The van der Waals surface area contributed by atoms with Crippen LogP contribution in [0.5, 0.6) is 0 Å². The number of carbonyl (C=O) groups excluding carboxylic acids is 2. The molecule has 3 aliphatic rings. The molecular formula is C25H19ClFN3O3S2. The van der Waals surface area contributed by atoms with E-state index in [1.807, 2.05) is 17.0 Å². The smallest absolute Gasteiger partial charge is 0.251 e. The molecule has 6 rings (SSSR count). The number of thioether (sulfide) groups is 1. The molecule has 0 bridgehead atoms. The number of thiocarbonyl (C=S) groups is 1. The number of benzene rings is 2. The zero-order chi connectivity index (χ0) is 24.5. The van der Waals surface area contributed by atoms with Crippen LogP contribution in [-0.4, -0.2) is 44.3 Å². The van der Waals surface area contributed by atoms with Gasteiger partial charge in [-0.05, 0) is 55.1 Å². The highest BCUT2D eigenvalue weighted by Crippen LogP contribution is 2.66. The second-order valence-electron chi connectivity index (χ2n) is 8.91. The normalized spacial score (nSPS) is 27.9. The minimum atomic E-state index is -1.47. The Morgan fingerprint density at radius 2 is 2.00 bits per heavy atom. The summed E-state index contributed by atoms with van der Waals surface area (Å²) in [6.45, 7) is 0.519. The number of fused-ring (bicyclic) bond motifs is 3. The summed E-state index contributed by atoms with van der Waals surface area (Å²) in [5.74, 6) is -1.02. The predicted octanol–water partition coefficient (Wildman–Crippen LogP) is 4.75. The summed E-state index contributed by atoms with van der Waals surface area (Å²) in [7, 11) is 1.79. The highest BCUT2D eigenvalue weighted by atomic mass is 35.5. The van der Waals surface area contributed by atoms with Gasteiger partial charge in [0.25, 0.3) is 5.91 Å². The molecular weight excluding hydrogens is 509 g/mol. The molecule has 178 valence electrons. The van der Waals surface area contributed by atoms with Gasteiger partial charge in [0.2, 0.25) is 5.91 Å². The molecule has 2 fully saturated rings. The number of furan rings is 1. The molecule has 2 saturated heterocycles. The first-order valence-electron chi connectivity index (χ1n) is 10.9. The molecule has 2 spiro atoms. The number of hydrogen-bond donors (Lipinski definition) is 1. The number of likely N-dealkylation sites (tertiary alicyclic amines) is 1. The fourth-order valence-corrected chi connectivity index (χ4v) is 8.04. The summed E-state index contributed by atoms with van der Waals surface area (Å²) >= 11 is 13.1. The first kappa shape index (κ1) is 22.7. The Labute approximate surface area is 215 Å². The maximum Gasteiger partial charge on any atom is 0.251 e. The van der Waals surface area contributed by atoms with Crippen molar-refractivity contribution in [3.8, 4) is 0 Å². The summed E-state index contributed by atoms with van der Waals surface area (Å²) < 4.78 is 19.0. The van der Waals surface area contributed by atoms with Crippen molar-refractivity contribution < 1.29 is 18.4 Å². The average molecular weight is 528 g/mol. The highest BCUT2D eigenvalue weighted by Gasteiger charge is 2.77. The van der Waals surface area contributed by atoms with Crippen LogP contribution in [0, 0.1) is 5.82 Å². The van der Waals surface area contributed by atoms with Crippen molar-refractivity contribution in [2.45, 2.75) is 22.7 Å². The van der Waals surface area contributed by atoms with Gasteiger partial charge in [-0.25, -0.2) is 4.39 Å². The van der Waals surface area contributed by atoms with E-state index in [1.54, 1.807) is 31.3 Å². The summed E-state index contributed by atoms with van der Waals surface area (Å²) in [6, 6.07) is 15.0. The van der Waals surface area contributed by atoms with Crippen LogP contribution in [0.2, 0.25) is 5.02 Å².